The van der Waals surface area contributed by atoms with Crippen LogP contribution in [0, 0.1) is 5.41 Å². The molecule has 0 aliphatic heterocycles. The number of hydrogen-bond acceptors (Lipinski definition) is 1. The van der Waals surface area contributed by atoms with Gasteiger partial charge in [0.15, 0.2) is 1.61 Å². The maximum absolute atomic E-state index is 11.2. The average molecular weight is 2800 g/mol. The molecule has 194 valence electrons. The minimum absolute atomic E-state index is 0.0983. The first kappa shape index (κ1) is 47.3. The molecule has 0 aromatic heterocycles. The van der Waals surface area contributed by atoms with E-state index in [0.29, 0.717) is 0 Å². The van der Waals surface area contributed by atoms with Gasteiger partial charge in [0.25, 0.3) is 0 Å². The van der Waals surface area contributed by atoms with E-state index in [4.69, 9.17) is 0 Å². The molecule has 0 heterocycles. The summed E-state index contributed by atoms with van der Waals surface area (Å²) in [5, 5.41) is 11.2. The molecule has 0 aliphatic rings. The van der Waals surface area contributed by atoms with Gasteiger partial charge in [0.05, 0.1) is 5.41 Å². The summed E-state index contributed by atoms with van der Waals surface area (Å²) in [6.45, 7) is 0. The Balaban J connectivity index is 7.57. The average Bonchev–Trinajstić information content (AvgIpc) is 2.39. The van der Waals surface area contributed by atoms with Crippen LogP contribution in [-0.2, 0) is 0 Å². The van der Waals surface area contributed by atoms with Crippen LogP contribution < -0.4 is 0 Å². The van der Waals surface area contributed by atoms with Crippen molar-refractivity contribution in [3.05, 3.63) is 0 Å². The third-order valence-electron chi connectivity index (χ3n) is 3.70. The Hall–Kier alpha value is 15.3. The Morgan fingerprint density at radius 1 is 0.281 bits per heavy atom. The summed E-state index contributed by atoms with van der Waals surface area (Å²) in [4.78, 5) is 0. The van der Waals surface area contributed by atoms with Gasteiger partial charge in [-0.25, -0.2) is 0 Å². The third-order valence-corrected chi connectivity index (χ3v) is 49.4. The van der Waals surface area contributed by atoms with Crippen LogP contribution in [0.5, 0.6) is 0 Å². The minimum Gasteiger partial charge on any atom is -0.369 e. The summed E-state index contributed by atoms with van der Waals surface area (Å²) in [7, 11) is 0. The normalized spacial score (nSPS) is 17.1. The lowest BCUT2D eigenvalue weighted by atomic mass is 9.88. The van der Waals surface area contributed by atoms with E-state index in [9.17, 15) is 5.11 Å². The van der Waals surface area contributed by atoms with Crippen LogP contribution in [0.1, 0.15) is 0 Å². The smallest absolute Gasteiger partial charge is 0.192 e. The molecule has 0 saturated carbocycles. The molecule has 0 atom stereocenters. The second-order valence-corrected chi connectivity index (χ2v) is 70.5. The molecule has 0 unspecified atom stereocenters. The van der Waals surface area contributed by atoms with Gasteiger partial charge in [0, 0.05) is 0 Å². The van der Waals surface area contributed by atoms with Gasteiger partial charge in [0.1, 0.15) is 5.45 Å². The van der Waals surface area contributed by atoms with Crippen molar-refractivity contribution >= 4 is 474 Å². The van der Waals surface area contributed by atoms with Crippen LogP contribution in [0.4, 0.5) is 0 Å². The first-order chi connectivity index (χ1) is 13.2. The molecule has 0 aromatic rings. The maximum atomic E-state index is 11.2. The van der Waals surface area contributed by atoms with E-state index in [2.05, 4.69) is 474 Å². The molecule has 0 amide bonds. The standard InChI is InChI=1S/C10HI21O/c11-2(12,1(7(21,22)23,8(24,25)26)9(27,28)29)3(13,14)4(15,16)5(17,18)6(19,20)10(30,31)32/h32H. The molecule has 32 heavy (non-hydrogen) atoms. The van der Waals surface area contributed by atoms with Crippen molar-refractivity contribution in [1.29, 1.82) is 0 Å². The Morgan fingerprint density at radius 2 is 0.469 bits per heavy atom. The van der Waals surface area contributed by atoms with Crippen molar-refractivity contribution in [3.63, 3.8) is 0 Å². The van der Waals surface area contributed by atoms with Gasteiger partial charge >= 0.3 is 0 Å². The van der Waals surface area contributed by atoms with E-state index in [-0.39, 0.29) is 9.43 Å². The second-order valence-electron chi connectivity index (χ2n) is 5.66. The molecule has 0 fully saturated rings. The summed E-state index contributed by atoms with van der Waals surface area (Å²) in [5.74, 6) is 0. The number of aliphatic hydroxyl groups is 1. The number of halogens is 21. The SMILES string of the molecule is OC(I)(I)C(I)(I)C(I)(I)C(I)(I)C(I)(I)C(I)(I)C(C(I)(I)I)(C(I)(I)I)C(I)(I)I. The maximum Gasteiger partial charge on any atom is 0.192 e. The second kappa shape index (κ2) is 16.8. The lowest BCUT2D eigenvalue weighted by Crippen LogP contribution is -2.72. The first-order valence-corrected chi connectivity index (χ1v) is 29.1. The zero-order valence-corrected chi connectivity index (χ0v) is 58.7. The monoisotopic (exact) mass is 2800 g/mol. The summed E-state index contributed by atoms with van der Waals surface area (Å²) >= 11 is 54.7. The van der Waals surface area contributed by atoms with Gasteiger partial charge in [-0.3, -0.25) is 0 Å². The fourth-order valence-electron chi connectivity index (χ4n) is 2.03. The number of hydrogen-bond donors (Lipinski definition) is 1. The van der Waals surface area contributed by atoms with Crippen molar-refractivity contribution in [2.45, 2.75) is 7.06 Å². The van der Waals surface area contributed by atoms with E-state index >= 15 is 0 Å². The highest BCUT2D eigenvalue weighted by atomic mass is 127. The molecular formula is C10HI21O. The van der Waals surface area contributed by atoms with Gasteiger partial charge in [0.2, 0.25) is 0 Å². The van der Waals surface area contributed by atoms with Crippen LogP contribution in [0.25, 0.3) is 0 Å². The topological polar surface area (TPSA) is 20.2 Å². The summed E-state index contributed by atoms with van der Waals surface area (Å²) < 4.78 is -2.72. The molecule has 22 heteroatoms. The van der Waals surface area contributed by atoms with Crippen LogP contribution >= 0.6 is 474 Å². The zero-order chi connectivity index (χ0) is 27.0. The largest absolute Gasteiger partial charge is 0.369 e. The van der Waals surface area contributed by atoms with Crippen LogP contribution in [-0.4, -0.2) is 12.2 Å². The molecule has 0 aromatic carbocycles. The number of alkyl halides is 21. The van der Waals surface area contributed by atoms with E-state index < -0.39 is 3.04 Å². The summed E-state index contributed by atoms with van der Waals surface area (Å²) in [6, 6.07) is 0. The van der Waals surface area contributed by atoms with E-state index in [1.54, 1.807) is 0 Å². The van der Waals surface area contributed by atoms with Gasteiger partial charge < -0.3 is 5.11 Å². The lowest BCUT2D eigenvalue weighted by Gasteiger charge is -2.64. The van der Waals surface area contributed by atoms with Crippen molar-refractivity contribution in [2.24, 2.45) is 5.41 Å². The Kier molecular flexibility index (Phi) is 24.8. The highest BCUT2D eigenvalue weighted by Gasteiger charge is 2.83. The van der Waals surface area contributed by atoms with Crippen molar-refractivity contribution in [1.82, 2.24) is 0 Å². The highest BCUT2D eigenvalue weighted by molar-refractivity contribution is 14.3. The van der Waals surface area contributed by atoms with Gasteiger partial charge in [-0.2, -0.15) is 0 Å². The molecule has 0 saturated heterocycles. The molecule has 0 aliphatic carbocycles. The molecule has 1 N–H and O–H groups in total. The van der Waals surface area contributed by atoms with E-state index in [1.807, 2.05) is 0 Å². The Morgan fingerprint density at radius 3 is 0.656 bits per heavy atom. The third kappa shape index (κ3) is 9.58. The molecular weight excluding hydrogens is 2800 g/mol. The molecule has 0 radical (unpaired) electrons. The van der Waals surface area contributed by atoms with Gasteiger partial charge in [-0.15, -0.1) is 0 Å². The summed E-state index contributed by atoms with van der Waals surface area (Å²) in [5.41, 5.74) is -0.177. The summed E-state index contributed by atoms with van der Waals surface area (Å²) in [6.07, 6.45) is 0. The van der Waals surface area contributed by atoms with Crippen LogP contribution in [0.3, 0.4) is 0 Å². The zero-order valence-electron chi connectivity index (χ0n) is 13.4. The lowest BCUT2D eigenvalue weighted by molar-refractivity contribution is 0.256. The van der Waals surface area contributed by atoms with Crippen molar-refractivity contribution in [3.8, 4) is 0 Å². The highest BCUT2D eigenvalue weighted by Crippen LogP contribution is 2.86. The van der Waals surface area contributed by atoms with E-state index in [0.717, 1.165) is 0 Å². The van der Waals surface area contributed by atoms with Gasteiger partial charge in [-0.1, -0.05) is 429 Å². The molecule has 0 spiro atoms. The molecule has 1 nitrogen and oxygen atoms in total. The number of rotatable bonds is 9. The predicted octanol–water partition coefficient (Wildman–Crippen LogP) is 16.2. The van der Waals surface area contributed by atoms with Crippen LogP contribution in [0.15, 0.2) is 0 Å². The van der Waals surface area contributed by atoms with Crippen molar-refractivity contribution in [2.75, 3.05) is 0 Å². The quantitative estimate of drug-likeness (QED) is 0.180. The minimum atomic E-state index is -0.925. The first-order valence-electron chi connectivity index (χ1n) is 6.44. The van der Waals surface area contributed by atoms with Crippen LogP contribution in [0.2, 0.25) is 0 Å². The molecule has 0 bridgehead atoms. The van der Waals surface area contributed by atoms with Gasteiger partial charge in [-0.05, 0) is 45.2 Å². The Labute approximate surface area is 475 Å². The van der Waals surface area contributed by atoms with E-state index in [1.165, 1.54) is 0 Å². The fourth-order valence-corrected chi connectivity index (χ4v) is 54.1. The Bertz CT molecular complexity index is 647. The fraction of sp³-hybridized carbons (Fsp3) is 1.00. The molecule has 0 rings (SSSR count). The van der Waals surface area contributed by atoms with Crippen molar-refractivity contribution < 1.29 is 5.11 Å². The predicted molar refractivity (Wildman–Crippen MR) is 324 cm³/mol.